The van der Waals surface area contributed by atoms with E-state index in [1.807, 2.05) is 0 Å². The van der Waals surface area contributed by atoms with Gasteiger partial charge in [0.25, 0.3) is 0 Å². The molecule has 2 saturated carbocycles. The van der Waals surface area contributed by atoms with Crippen molar-refractivity contribution >= 4 is 17.0 Å². The molecule has 0 N–H and O–H groups in total. The monoisotopic (exact) mass is 402 g/mol. The van der Waals surface area contributed by atoms with Crippen LogP contribution >= 0.6 is 17.0 Å². The molecule has 0 aromatic heterocycles. The molecule has 0 aromatic rings. The summed E-state index contributed by atoms with van der Waals surface area (Å²) in [6.45, 7) is 13.3. The number of hydrogen-bond donors (Lipinski definition) is 0. The Hall–Kier alpha value is 1.46. The van der Waals surface area contributed by atoms with Gasteiger partial charge in [-0.15, -0.1) is 0 Å². The maximum absolute atomic E-state index is 4.93. The zero-order chi connectivity index (χ0) is 16.5. The standard InChI is InChI=1S/2C9H13.2ClH.Zr/c2*1-9(2,3)8-6-4-5-7-8;;;/h2*4-7H,1-3H3;2*1H;/q;;;;+4/p-2. The van der Waals surface area contributed by atoms with Crippen molar-refractivity contribution in [2.75, 3.05) is 0 Å². The van der Waals surface area contributed by atoms with Gasteiger partial charge in [0.2, 0.25) is 0 Å². The fourth-order valence-corrected chi connectivity index (χ4v) is 1.75. The van der Waals surface area contributed by atoms with Crippen LogP contribution in [0.1, 0.15) is 41.5 Å². The third-order valence-electron chi connectivity index (χ3n) is 3.06. The first-order chi connectivity index (χ1) is 9.62. The van der Waals surface area contributed by atoms with Crippen molar-refractivity contribution in [3.8, 4) is 0 Å². The summed E-state index contributed by atoms with van der Waals surface area (Å²) in [5, 5.41) is 0. The predicted molar refractivity (Wildman–Crippen MR) is 91.5 cm³/mol. The Kier molecular flexibility index (Phi) is 11.9. The maximum atomic E-state index is 4.93. The Bertz CT molecular complexity index is 215. The van der Waals surface area contributed by atoms with E-state index in [1.54, 1.807) is 0 Å². The molecule has 0 atom stereocenters. The Balaban J connectivity index is 0.000000322. The summed E-state index contributed by atoms with van der Waals surface area (Å²) in [5.41, 5.74) is 0.646. The molecule has 114 valence electrons. The third kappa shape index (κ3) is 10.8. The molecule has 0 spiro atoms. The summed E-state index contributed by atoms with van der Waals surface area (Å²) >= 11 is -0.826. The molecule has 10 radical (unpaired) electrons. The van der Waals surface area contributed by atoms with Crippen LogP contribution in [0.5, 0.6) is 0 Å². The van der Waals surface area contributed by atoms with Crippen LogP contribution in [0.15, 0.2) is 0 Å². The van der Waals surface area contributed by atoms with Crippen LogP contribution in [0.3, 0.4) is 0 Å². The van der Waals surface area contributed by atoms with E-state index in [2.05, 4.69) is 92.9 Å². The van der Waals surface area contributed by atoms with Crippen LogP contribution in [0, 0.1) is 74.0 Å². The van der Waals surface area contributed by atoms with Gasteiger partial charge in [-0.2, -0.15) is 0 Å². The van der Waals surface area contributed by atoms with Crippen LogP contribution in [-0.2, 0) is 20.8 Å². The van der Waals surface area contributed by atoms with Gasteiger partial charge in [0, 0.05) is 0 Å². The average molecular weight is 405 g/mol. The predicted octanol–water partition coefficient (Wildman–Crippen LogP) is 6.25. The molecule has 21 heavy (non-hydrogen) atoms. The SMILES string of the molecule is CC(C)(C)[C]1[CH][CH][CH][CH]1.CC(C)(C)[C]1[CH][CH][CH][CH]1.[Cl][Zr+2][Cl]. The van der Waals surface area contributed by atoms with Crippen molar-refractivity contribution in [2.45, 2.75) is 41.5 Å². The Labute approximate surface area is 152 Å². The first kappa shape index (κ1) is 22.5. The summed E-state index contributed by atoms with van der Waals surface area (Å²) in [4.78, 5) is 0. The van der Waals surface area contributed by atoms with E-state index >= 15 is 0 Å². The van der Waals surface area contributed by atoms with Gasteiger partial charge in [-0.3, -0.25) is 0 Å². The zero-order valence-electron chi connectivity index (χ0n) is 13.9. The van der Waals surface area contributed by atoms with Crippen molar-refractivity contribution in [2.24, 2.45) is 10.8 Å². The average Bonchev–Trinajstić information content (AvgIpc) is 3.03. The van der Waals surface area contributed by atoms with Crippen LogP contribution in [0.4, 0.5) is 0 Å². The fourth-order valence-electron chi connectivity index (χ4n) is 1.75. The van der Waals surface area contributed by atoms with Gasteiger partial charge in [-0.1, -0.05) is 41.5 Å². The first-order valence-corrected chi connectivity index (χ1v) is 13.4. The number of halogens is 2. The second kappa shape index (κ2) is 11.1. The minimum absolute atomic E-state index is 0.323. The molecule has 2 rings (SSSR count). The molecular formula is C18H26Cl2Zr+2. The Morgan fingerprint density at radius 3 is 0.905 bits per heavy atom. The van der Waals surface area contributed by atoms with Crippen molar-refractivity contribution in [3.05, 3.63) is 63.2 Å². The minimum atomic E-state index is -0.826. The van der Waals surface area contributed by atoms with Gasteiger partial charge >= 0.3 is 37.9 Å². The van der Waals surface area contributed by atoms with E-state index in [0.717, 1.165) is 0 Å². The normalized spacial score (nSPS) is 20.2. The van der Waals surface area contributed by atoms with E-state index in [1.165, 1.54) is 11.8 Å². The van der Waals surface area contributed by atoms with Crippen molar-refractivity contribution in [1.82, 2.24) is 0 Å². The van der Waals surface area contributed by atoms with Gasteiger partial charge < -0.3 is 0 Å². The molecule has 0 aliphatic heterocycles. The molecule has 2 aliphatic carbocycles. The zero-order valence-corrected chi connectivity index (χ0v) is 17.8. The molecule has 0 unspecified atom stereocenters. The molecule has 3 heteroatoms. The molecule has 2 fully saturated rings. The van der Waals surface area contributed by atoms with E-state index in [0.29, 0.717) is 10.8 Å². The van der Waals surface area contributed by atoms with Gasteiger partial charge in [-0.05, 0) is 74.0 Å². The van der Waals surface area contributed by atoms with E-state index in [4.69, 9.17) is 17.0 Å². The van der Waals surface area contributed by atoms with Gasteiger partial charge in [0.05, 0.1) is 0 Å². The van der Waals surface area contributed by atoms with E-state index < -0.39 is 20.8 Å². The van der Waals surface area contributed by atoms with Crippen LogP contribution in [0.25, 0.3) is 0 Å². The van der Waals surface area contributed by atoms with E-state index in [-0.39, 0.29) is 0 Å². The summed E-state index contributed by atoms with van der Waals surface area (Å²) in [6.07, 6.45) is 17.0. The number of hydrogen-bond acceptors (Lipinski definition) is 0. The van der Waals surface area contributed by atoms with Crippen LogP contribution in [0.2, 0.25) is 0 Å². The summed E-state index contributed by atoms with van der Waals surface area (Å²) in [6, 6.07) is 0. The quantitative estimate of drug-likeness (QED) is 0.447. The van der Waals surface area contributed by atoms with Crippen molar-refractivity contribution < 1.29 is 20.8 Å². The Morgan fingerprint density at radius 2 is 0.810 bits per heavy atom. The fraction of sp³-hybridized carbons (Fsp3) is 0.444. The van der Waals surface area contributed by atoms with Crippen LogP contribution in [-0.4, -0.2) is 0 Å². The van der Waals surface area contributed by atoms with Crippen molar-refractivity contribution in [3.63, 3.8) is 0 Å². The van der Waals surface area contributed by atoms with Crippen molar-refractivity contribution in [1.29, 1.82) is 0 Å². The topological polar surface area (TPSA) is 0 Å². The van der Waals surface area contributed by atoms with E-state index in [9.17, 15) is 0 Å². The summed E-state index contributed by atoms with van der Waals surface area (Å²) in [5.74, 6) is 2.84. The molecule has 0 aromatic carbocycles. The molecular weight excluding hydrogens is 378 g/mol. The molecule has 2 aliphatic rings. The third-order valence-corrected chi connectivity index (χ3v) is 3.06. The van der Waals surface area contributed by atoms with Crippen LogP contribution < -0.4 is 0 Å². The second-order valence-electron chi connectivity index (χ2n) is 6.92. The second-order valence-corrected chi connectivity index (χ2v) is 10.7. The molecule has 0 bridgehead atoms. The van der Waals surface area contributed by atoms with Gasteiger partial charge in [-0.25, -0.2) is 0 Å². The Morgan fingerprint density at radius 1 is 0.619 bits per heavy atom. The molecule has 0 nitrogen and oxygen atoms in total. The van der Waals surface area contributed by atoms with Gasteiger partial charge in [0.15, 0.2) is 0 Å². The molecule has 0 amide bonds. The molecule has 0 heterocycles. The number of rotatable bonds is 0. The molecule has 0 saturated heterocycles. The summed E-state index contributed by atoms with van der Waals surface area (Å²) < 4.78 is 0. The van der Waals surface area contributed by atoms with Gasteiger partial charge in [0.1, 0.15) is 0 Å². The summed E-state index contributed by atoms with van der Waals surface area (Å²) in [7, 11) is 9.87. The first-order valence-electron chi connectivity index (χ1n) is 7.03.